The van der Waals surface area contributed by atoms with Gasteiger partial charge in [-0.1, -0.05) is 85.0 Å². The molecule has 0 spiro atoms. The molecule has 0 amide bonds. The van der Waals surface area contributed by atoms with Crippen LogP contribution < -0.4 is 10.6 Å². The molecular formula is C17H15OP. The predicted octanol–water partition coefficient (Wildman–Crippen LogP) is 2.86. The average molecular weight is 266 g/mol. The number of hydrogen-bond donors (Lipinski definition) is 1. The Kier molecular flexibility index (Phi) is 3.25. The summed E-state index contributed by atoms with van der Waals surface area (Å²) in [6, 6.07) is 19.9. The second-order valence-corrected chi connectivity index (χ2v) is 7.27. The first-order chi connectivity index (χ1) is 9.32. The second kappa shape index (κ2) is 5.05. The fraction of sp³-hybridized carbons (Fsp3) is 0. The van der Waals surface area contributed by atoms with Crippen LogP contribution in [0.3, 0.4) is 0 Å². The van der Waals surface area contributed by atoms with Crippen molar-refractivity contribution in [2.24, 2.45) is 0 Å². The van der Waals surface area contributed by atoms with Gasteiger partial charge in [0, 0.05) is 15.9 Å². The zero-order valence-electron chi connectivity index (χ0n) is 10.5. The maximum absolute atomic E-state index is 11.4. The molecule has 0 heterocycles. The molecule has 19 heavy (non-hydrogen) atoms. The molecule has 2 aromatic rings. The summed E-state index contributed by atoms with van der Waals surface area (Å²) < 4.78 is 0. The van der Waals surface area contributed by atoms with E-state index in [4.69, 9.17) is 0 Å². The second-order valence-electron chi connectivity index (χ2n) is 4.45. The predicted molar refractivity (Wildman–Crippen MR) is 84.6 cm³/mol. The van der Waals surface area contributed by atoms with E-state index >= 15 is 0 Å². The van der Waals surface area contributed by atoms with Gasteiger partial charge in [-0.3, -0.25) is 0 Å². The molecule has 0 aromatic heterocycles. The molecule has 0 saturated heterocycles. The van der Waals surface area contributed by atoms with Crippen LogP contribution in [0.25, 0.3) is 0 Å². The summed E-state index contributed by atoms with van der Waals surface area (Å²) in [6.07, 6.45) is 7.97. The summed E-state index contributed by atoms with van der Waals surface area (Å²) in [4.78, 5) is 11.4. The van der Waals surface area contributed by atoms with Gasteiger partial charge in [0.15, 0.2) is 0 Å². The number of hydrogen-bond acceptors (Lipinski definition) is 1. The SMILES string of the molecule is OP(=C1C=CC=C1)(c1ccccc1)c1ccccc1. The Balaban J connectivity index is 2.33. The minimum atomic E-state index is -2.48. The summed E-state index contributed by atoms with van der Waals surface area (Å²) in [5.41, 5.74) is 0. The highest BCUT2D eigenvalue weighted by Gasteiger charge is 2.23. The standard InChI is InChI=1S/C17H15OP/c18-19(17-13-7-8-14-17,15-9-3-1-4-10-15)16-11-5-2-6-12-16/h1-14,18H. The van der Waals surface area contributed by atoms with Crippen LogP contribution in [0.1, 0.15) is 0 Å². The molecule has 0 aliphatic heterocycles. The smallest absolute Gasteiger partial charge is 0.0666 e. The van der Waals surface area contributed by atoms with Gasteiger partial charge in [-0.2, -0.15) is 0 Å². The van der Waals surface area contributed by atoms with Gasteiger partial charge in [0.05, 0.1) is 7.11 Å². The van der Waals surface area contributed by atoms with E-state index < -0.39 is 7.11 Å². The first-order valence-electron chi connectivity index (χ1n) is 6.27. The van der Waals surface area contributed by atoms with Gasteiger partial charge >= 0.3 is 0 Å². The van der Waals surface area contributed by atoms with E-state index in [1.807, 2.05) is 85.0 Å². The van der Waals surface area contributed by atoms with Gasteiger partial charge in [0.25, 0.3) is 0 Å². The molecule has 94 valence electrons. The first-order valence-corrected chi connectivity index (χ1v) is 8.01. The molecule has 2 aromatic carbocycles. The monoisotopic (exact) mass is 266 g/mol. The van der Waals surface area contributed by atoms with Gasteiger partial charge in [0.2, 0.25) is 0 Å². The molecule has 1 N–H and O–H groups in total. The fourth-order valence-electron chi connectivity index (χ4n) is 2.31. The Morgan fingerprint density at radius 2 is 1.05 bits per heavy atom. The zero-order chi connectivity index (χ0) is 13.1. The molecular weight excluding hydrogens is 251 g/mol. The minimum Gasteiger partial charge on any atom is -0.366 e. The van der Waals surface area contributed by atoms with Crippen LogP contribution in [0.5, 0.6) is 0 Å². The molecule has 0 fully saturated rings. The van der Waals surface area contributed by atoms with Gasteiger partial charge in [-0.25, -0.2) is 0 Å². The average Bonchev–Trinajstić information content (AvgIpc) is 3.03. The minimum absolute atomic E-state index is 0.993. The molecule has 0 bridgehead atoms. The highest BCUT2D eigenvalue weighted by molar-refractivity contribution is 7.85. The lowest BCUT2D eigenvalue weighted by Gasteiger charge is -2.23. The Morgan fingerprint density at radius 1 is 0.632 bits per heavy atom. The molecule has 0 atom stereocenters. The van der Waals surface area contributed by atoms with Crippen molar-refractivity contribution in [3.8, 4) is 0 Å². The van der Waals surface area contributed by atoms with Gasteiger partial charge in [-0.05, 0) is 0 Å². The molecule has 1 nitrogen and oxygen atoms in total. The van der Waals surface area contributed by atoms with Crippen molar-refractivity contribution >= 4 is 23.0 Å². The van der Waals surface area contributed by atoms with Crippen molar-refractivity contribution in [2.45, 2.75) is 0 Å². The van der Waals surface area contributed by atoms with E-state index in [1.165, 1.54) is 0 Å². The fourth-order valence-corrected chi connectivity index (χ4v) is 5.02. The van der Waals surface area contributed by atoms with E-state index in [2.05, 4.69) is 0 Å². The van der Waals surface area contributed by atoms with E-state index in [0.29, 0.717) is 0 Å². The van der Waals surface area contributed by atoms with E-state index in [-0.39, 0.29) is 0 Å². The lowest BCUT2D eigenvalue weighted by molar-refractivity contribution is 0.640. The Bertz CT molecular complexity index is 624. The lowest BCUT2D eigenvalue weighted by Crippen LogP contribution is -2.20. The van der Waals surface area contributed by atoms with E-state index in [1.54, 1.807) is 0 Å². The third kappa shape index (κ3) is 2.12. The molecule has 1 aliphatic carbocycles. The van der Waals surface area contributed by atoms with Gasteiger partial charge < -0.3 is 4.89 Å². The molecule has 3 rings (SSSR count). The summed E-state index contributed by atoms with van der Waals surface area (Å²) in [7, 11) is -2.48. The maximum Gasteiger partial charge on any atom is 0.0666 e. The summed E-state index contributed by atoms with van der Waals surface area (Å²) in [6.45, 7) is 0. The normalized spacial score (nSPS) is 14.1. The van der Waals surface area contributed by atoms with Crippen LogP contribution in [-0.2, 0) is 0 Å². The summed E-state index contributed by atoms with van der Waals surface area (Å²) in [5.74, 6) is 0. The Morgan fingerprint density at radius 3 is 1.47 bits per heavy atom. The largest absolute Gasteiger partial charge is 0.366 e. The molecule has 0 unspecified atom stereocenters. The molecule has 1 aliphatic rings. The van der Waals surface area contributed by atoms with Crippen LogP contribution in [0.4, 0.5) is 0 Å². The van der Waals surface area contributed by atoms with Crippen LogP contribution in [-0.4, -0.2) is 10.2 Å². The third-order valence-electron chi connectivity index (χ3n) is 3.28. The van der Waals surface area contributed by atoms with Crippen molar-refractivity contribution in [2.75, 3.05) is 0 Å². The van der Waals surface area contributed by atoms with Crippen molar-refractivity contribution < 1.29 is 4.89 Å². The third-order valence-corrected chi connectivity index (χ3v) is 6.41. The van der Waals surface area contributed by atoms with E-state index in [0.717, 1.165) is 15.9 Å². The van der Waals surface area contributed by atoms with Crippen molar-refractivity contribution in [3.05, 3.63) is 85.0 Å². The first kappa shape index (κ1) is 12.2. The highest BCUT2D eigenvalue weighted by Crippen LogP contribution is 2.43. The summed E-state index contributed by atoms with van der Waals surface area (Å²) in [5, 5.41) is 2.99. The van der Waals surface area contributed by atoms with Gasteiger partial charge in [-0.15, -0.1) is 0 Å². The van der Waals surface area contributed by atoms with Crippen molar-refractivity contribution in [1.29, 1.82) is 0 Å². The van der Waals surface area contributed by atoms with Crippen molar-refractivity contribution in [1.82, 2.24) is 0 Å². The van der Waals surface area contributed by atoms with E-state index in [9.17, 15) is 4.89 Å². The number of allylic oxidation sites excluding steroid dienone is 4. The topological polar surface area (TPSA) is 20.2 Å². The van der Waals surface area contributed by atoms with Gasteiger partial charge in [0.1, 0.15) is 0 Å². The van der Waals surface area contributed by atoms with Crippen LogP contribution in [0.2, 0.25) is 0 Å². The van der Waals surface area contributed by atoms with Crippen LogP contribution >= 0.6 is 7.11 Å². The molecule has 0 radical (unpaired) electrons. The Labute approximate surface area is 113 Å². The Hall–Kier alpha value is -1.82. The molecule has 2 heteroatoms. The number of rotatable bonds is 2. The summed E-state index contributed by atoms with van der Waals surface area (Å²) >= 11 is 0. The van der Waals surface area contributed by atoms with Crippen LogP contribution in [0, 0.1) is 0 Å². The lowest BCUT2D eigenvalue weighted by atomic mass is 10.4. The van der Waals surface area contributed by atoms with Crippen molar-refractivity contribution in [3.63, 3.8) is 0 Å². The van der Waals surface area contributed by atoms with Crippen LogP contribution in [0.15, 0.2) is 85.0 Å². The quantitative estimate of drug-likeness (QED) is 0.829. The zero-order valence-corrected chi connectivity index (χ0v) is 11.4. The maximum atomic E-state index is 11.4. The number of benzene rings is 2. The highest BCUT2D eigenvalue weighted by atomic mass is 31.2. The molecule has 0 saturated carbocycles.